The average molecular weight is 576 g/mol. The fourth-order valence-electron chi connectivity index (χ4n) is 4.86. The van der Waals surface area contributed by atoms with Gasteiger partial charge in [0.05, 0.1) is 6.04 Å². The number of nitrogens with zero attached hydrogens (tertiary/aromatic N) is 1. The van der Waals surface area contributed by atoms with Crippen LogP contribution in [0.1, 0.15) is 56.8 Å². The van der Waals surface area contributed by atoms with Crippen molar-refractivity contribution < 1.29 is 35.3 Å². The Kier molecular flexibility index (Phi) is 8.21. The van der Waals surface area contributed by atoms with Gasteiger partial charge in [-0.1, -0.05) is 66.7 Å². The lowest BCUT2D eigenvalue weighted by Gasteiger charge is -2.34. The van der Waals surface area contributed by atoms with Crippen molar-refractivity contribution >= 4 is 32.7 Å². The van der Waals surface area contributed by atoms with E-state index in [0.717, 1.165) is 16.3 Å². The smallest absolute Gasteiger partial charge is 0.444 e. The van der Waals surface area contributed by atoms with Crippen LogP contribution in [0.15, 0.2) is 72.8 Å². The summed E-state index contributed by atoms with van der Waals surface area (Å²) in [6.45, 7) is 7.44. The van der Waals surface area contributed by atoms with E-state index >= 15 is 0 Å². The summed E-state index contributed by atoms with van der Waals surface area (Å²) in [5.41, 5.74) is -4.43. The van der Waals surface area contributed by atoms with Crippen molar-refractivity contribution in [2.45, 2.75) is 57.7 Å². The zero-order valence-corrected chi connectivity index (χ0v) is 23.6. The minimum atomic E-state index is -5.85. The number of carbonyl (C=O) groups excluding carboxylic acids is 1. The van der Waals surface area contributed by atoms with E-state index in [4.69, 9.17) is 4.74 Å². The highest BCUT2D eigenvalue weighted by Crippen LogP contribution is 2.37. The summed E-state index contributed by atoms with van der Waals surface area (Å²) in [6.07, 6.45) is 1.66. The molecule has 214 valence electrons. The molecular formula is C30H32F3NO5S. The molecule has 0 heterocycles. The molecule has 0 spiro atoms. The van der Waals surface area contributed by atoms with E-state index in [1.54, 1.807) is 43.9 Å². The van der Waals surface area contributed by atoms with Crippen molar-refractivity contribution in [3.05, 3.63) is 89.5 Å². The van der Waals surface area contributed by atoms with Gasteiger partial charge in [-0.3, -0.25) is 0 Å². The zero-order valence-electron chi connectivity index (χ0n) is 22.7. The van der Waals surface area contributed by atoms with E-state index < -0.39 is 33.2 Å². The number of halogens is 3. The van der Waals surface area contributed by atoms with Crippen molar-refractivity contribution in [2.75, 3.05) is 6.54 Å². The highest BCUT2D eigenvalue weighted by atomic mass is 32.2. The molecule has 0 aliphatic heterocycles. The number of benzene rings is 3. The molecule has 1 aliphatic rings. The van der Waals surface area contributed by atoms with Crippen LogP contribution in [-0.2, 0) is 25.5 Å². The summed E-state index contributed by atoms with van der Waals surface area (Å²) in [6, 6.07) is 19.9. The third-order valence-electron chi connectivity index (χ3n) is 6.74. The first-order chi connectivity index (χ1) is 18.7. The Hall–Kier alpha value is -3.53. The van der Waals surface area contributed by atoms with E-state index in [0.29, 0.717) is 24.0 Å². The zero-order chi connectivity index (χ0) is 29.3. The molecule has 0 aromatic heterocycles. The lowest BCUT2D eigenvalue weighted by molar-refractivity contribution is -0.0509. The molecule has 1 aliphatic carbocycles. The summed E-state index contributed by atoms with van der Waals surface area (Å²) in [4.78, 5) is 15.0. The molecule has 0 unspecified atom stereocenters. The second-order valence-electron chi connectivity index (χ2n) is 10.8. The molecule has 0 bridgehead atoms. The van der Waals surface area contributed by atoms with Gasteiger partial charge in [0.15, 0.2) is 0 Å². The van der Waals surface area contributed by atoms with E-state index in [9.17, 15) is 26.4 Å². The molecule has 0 saturated carbocycles. The first-order valence-electron chi connectivity index (χ1n) is 12.9. The molecule has 2 atom stereocenters. The number of fused-ring (bicyclic) bond motifs is 2. The lowest BCUT2D eigenvalue weighted by Crippen LogP contribution is -2.39. The third kappa shape index (κ3) is 6.60. The minimum absolute atomic E-state index is 0.210. The molecule has 3 aromatic carbocycles. The Labute approximate surface area is 232 Å². The average Bonchev–Trinajstić information content (AvgIpc) is 2.86. The quantitative estimate of drug-likeness (QED) is 0.214. The number of rotatable bonds is 7. The minimum Gasteiger partial charge on any atom is -0.444 e. The van der Waals surface area contributed by atoms with Gasteiger partial charge in [0, 0.05) is 12.1 Å². The second-order valence-corrected chi connectivity index (χ2v) is 12.4. The van der Waals surface area contributed by atoms with Crippen LogP contribution in [0.25, 0.3) is 16.5 Å². The van der Waals surface area contributed by atoms with Gasteiger partial charge in [0.2, 0.25) is 0 Å². The van der Waals surface area contributed by atoms with Crippen LogP contribution < -0.4 is 0 Å². The molecule has 6 nitrogen and oxygen atoms in total. The summed E-state index contributed by atoms with van der Waals surface area (Å²) in [5, 5.41) is 2.01. The molecule has 0 radical (unpaired) electrons. The molecular weight excluding hydrogens is 543 g/mol. The van der Waals surface area contributed by atoms with Crippen molar-refractivity contribution in [1.82, 2.24) is 4.90 Å². The molecule has 40 heavy (non-hydrogen) atoms. The van der Waals surface area contributed by atoms with Gasteiger partial charge in [-0.2, -0.15) is 21.6 Å². The van der Waals surface area contributed by atoms with Crippen LogP contribution in [0.5, 0.6) is 0 Å². The van der Waals surface area contributed by atoms with Gasteiger partial charge in [-0.05, 0) is 74.4 Å². The van der Waals surface area contributed by atoms with Crippen LogP contribution >= 0.6 is 0 Å². The Balaban J connectivity index is 1.64. The summed E-state index contributed by atoms with van der Waals surface area (Å²) in [5.74, 6) is -0.756. The van der Waals surface area contributed by atoms with Gasteiger partial charge < -0.3 is 13.8 Å². The standard InChI is InChI=1S/C30H32F3NO5S/c1-20(24-15-9-12-22-10-5-7-13-25(22)24)34(28(35)38-29(2,3)4)17-16-21-18-23-11-6-8-14-26(23)27(19-21)39-40(36,37)30(31,32)33/h5-15,19-21H,16-18H2,1-4H3/t20-,21-/m1/s1. The maximum atomic E-state index is 13.4. The number of ether oxygens (including phenoxy) is 1. The summed E-state index contributed by atoms with van der Waals surface area (Å²) >= 11 is 0. The number of hydrogen-bond donors (Lipinski definition) is 0. The van der Waals surface area contributed by atoms with Crippen LogP contribution in [-0.4, -0.2) is 37.1 Å². The summed E-state index contributed by atoms with van der Waals surface area (Å²) < 4.78 is 73.3. The maximum absolute atomic E-state index is 13.4. The monoisotopic (exact) mass is 575 g/mol. The van der Waals surface area contributed by atoms with E-state index in [2.05, 4.69) is 4.18 Å². The van der Waals surface area contributed by atoms with Crippen molar-refractivity contribution in [3.63, 3.8) is 0 Å². The topological polar surface area (TPSA) is 72.9 Å². The third-order valence-corrected chi connectivity index (χ3v) is 7.71. The summed E-state index contributed by atoms with van der Waals surface area (Å²) in [7, 11) is -5.85. The first kappa shape index (κ1) is 29.5. The number of alkyl halides is 3. The largest absolute Gasteiger partial charge is 0.534 e. The van der Waals surface area contributed by atoms with Crippen LogP contribution in [0.2, 0.25) is 0 Å². The molecule has 4 rings (SSSR count). The highest BCUT2D eigenvalue weighted by Gasteiger charge is 2.49. The number of carbonyl (C=O) groups is 1. The van der Waals surface area contributed by atoms with Crippen LogP contribution in [0, 0.1) is 5.92 Å². The highest BCUT2D eigenvalue weighted by molar-refractivity contribution is 7.87. The van der Waals surface area contributed by atoms with Gasteiger partial charge in [0.1, 0.15) is 11.4 Å². The van der Waals surface area contributed by atoms with Gasteiger partial charge in [-0.25, -0.2) is 4.79 Å². The number of allylic oxidation sites excluding steroid dienone is 1. The van der Waals surface area contributed by atoms with E-state index in [-0.39, 0.29) is 18.3 Å². The molecule has 10 heteroatoms. The normalized spacial score (nSPS) is 16.6. The van der Waals surface area contributed by atoms with Gasteiger partial charge in [0.25, 0.3) is 0 Å². The Bertz CT molecular complexity index is 1520. The van der Waals surface area contributed by atoms with Gasteiger partial charge >= 0.3 is 21.7 Å². The van der Waals surface area contributed by atoms with Crippen molar-refractivity contribution in [2.24, 2.45) is 5.92 Å². The second kappa shape index (κ2) is 11.2. The lowest BCUT2D eigenvalue weighted by atomic mass is 9.86. The van der Waals surface area contributed by atoms with Gasteiger partial charge in [-0.15, -0.1) is 0 Å². The predicted molar refractivity (Wildman–Crippen MR) is 148 cm³/mol. The molecule has 0 saturated heterocycles. The Morgan fingerprint density at radius 3 is 2.35 bits per heavy atom. The first-order valence-corrected chi connectivity index (χ1v) is 14.4. The molecule has 1 amide bonds. The molecule has 3 aromatic rings. The van der Waals surface area contributed by atoms with Crippen molar-refractivity contribution in [1.29, 1.82) is 0 Å². The number of hydrogen-bond acceptors (Lipinski definition) is 5. The van der Waals surface area contributed by atoms with Crippen LogP contribution in [0.3, 0.4) is 0 Å². The fraction of sp³-hybridized carbons (Fsp3) is 0.367. The fourth-order valence-corrected chi connectivity index (χ4v) is 5.33. The van der Waals surface area contributed by atoms with E-state index in [1.807, 2.05) is 49.4 Å². The predicted octanol–water partition coefficient (Wildman–Crippen LogP) is 7.61. The van der Waals surface area contributed by atoms with E-state index in [1.165, 1.54) is 12.1 Å². The Morgan fingerprint density at radius 2 is 1.65 bits per heavy atom. The van der Waals surface area contributed by atoms with Crippen LogP contribution in [0.4, 0.5) is 18.0 Å². The molecule has 0 fully saturated rings. The SMILES string of the molecule is C[C@H](c1cccc2ccccc12)N(CC[C@H]1C=C(OS(=O)(=O)C(F)(F)F)c2ccccc2C1)C(=O)OC(C)(C)C. The Morgan fingerprint density at radius 1 is 1.00 bits per heavy atom. The number of amides is 1. The maximum Gasteiger partial charge on any atom is 0.534 e. The van der Waals surface area contributed by atoms with Crippen molar-refractivity contribution in [3.8, 4) is 0 Å². The molecule has 0 N–H and O–H groups in total.